The van der Waals surface area contributed by atoms with Crippen LogP contribution in [0.25, 0.3) is 11.0 Å². The van der Waals surface area contributed by atoms with Crippen LogP contribution < -0.4 is 25.8 Å². The molecule has 1 aromatic carbocycles. The number of nitrogens with one attached hydrogen (secondary N) is 3. The van der Waals surface area contributed by atoms with Crippen LogP contribution in [-0.2, 0) is 4.79 Å². The van der Waals surface area contributed by atoms with E-state index >= 15 is 0 Å². The average Bonchev–Trinajstić information content (AvgIpc) is 3.59. The van der Waals surface area contributed by atoms with Gasteiger partial charge in [0.15, 0.2) is 11.4 Å². The Labute approximate surface area is 222 Å². The second-order valence-electron chi connectivity index (χ2n) is 9.09. The number of amides is 4. The van der Waals surface area contributed by atoms with E-state index in [2.05, 4.69) is 35.3 Å². The van der Waals surface area contributed by atoms with Crippen LogP contribution >= 0.6 is 11.5 Å². The number of para-hydroxylation sites is 1. The molecule has 0 atom stereocenters. The Morgan fingerprint density at radius 1 is 1.00 bits per heavy atom. The van der Waals surface area contributed by atoms with E-state index in [4.69, 9.17) is 14.6 Å². The first-order valence-corrected chi connectivity index (χ1v) is 13.2. The Hall–Kier alpha value is -4.14. The largest absolute Gasteiger partial charge is 0.465 e. The van der Waals surface area contributed by atoms with Gasteiger partial charge in [0.2, 0.25) is 17.0 Å². The van der Waals surface area contributed by atoms with Gasteiger partial charge in [-0.05, 0) is 25.0 Å². The molecular formula is C23H29N9O5S. The zero-order valence-corrected chi connectivity index (χ0v) is 21.4. The van der Waals surface area contributed by atoms with E-state index in [0.29, 0.717) is 69.5 Å². The number of hydrogen-bond acceptors (Lipinski definition) is 10. The summed E-state index contributed by atoms with van der Waals surface area (Å²) in [4.78, 5) is 46.3. The lowest BCUT2D eigenvalue weighted by Crippen LogP contribution is -2.50. The van der Waals surface area contributed by atoms with Crippen molar-refractivity contribution >= 4 is 57.4 Å². The molecule has 202 valence electrons. The van der Waals surface area contributed by atoms with Crippen molar-refractivity contribution in [3.05, 3.63) is 24.3 Å². The zero-order valence-electron chi connectivity index (χ0n) is 20.6. The van der Waals surface area contributed by atoms with Crippen molar-refractivity contribution in [2.75, 3.05) is 67.5 Å². The summed E-state index contributed by atoms with van der Waals surface area (Å²) in [5.74, 6) is 0.914. The third-order valence-electron chi connectivity index (χ3n) is 6.69. The average molecular weight is 544 g/mol. The molecule has 3 aromatic rings. The summed E-state index contributed by atoms with van der Waals surface area (Å²) in [7, 11) is 0. The molecule has 2 fully saturated rings. The highest BCUT2D eigenvalue weighted by atomic mass is 32.1. The number of anilines is 3. The van der Waals surface area contributed by atoms with Crippen LogP contribution in [0, 0.1) is 5.92 Å². The maximum atomic E-state index is 12.8. The van der Waals surface area contributed by atoms with E-state index in [-0.39, 0.29) is 30.9 Å². The number of carboxylic acid groups (broad SMARTS) is 1. The highest BCUT2D eigenvalue weighted by Crippen LogP contribution is 2.27. The first kappa shape index (κ1) is 25.5. The quantitative estimate of drug-likeness (QED) is 0.321. The molecule has 0 saturated carbocycles. The van der Waals surface area contributed by atoms with Gasteiger partial charge in [-0.2, -0.15) is 9.36 Å². The maximum absolute atomic E-state index is 12.8. The number of benzene rings is 1. The van der Waals surface area contributed by atoms with Gasteiger partial charge in [-0.3, -0.25) is 10.1 Å². The SMILES string of the molecule is O=C(O)NCCNC(=O)C1CCN(c2nsc(N3CCN(C(=O)Nc4noc5ccccc45)CC3)n2)CC1. The topological polar surface area (TPSA) is 169 Å². The number of carbonyl (C=O) groups is 3. The van der Waals surface area contributed by atoms with Gasteiger partial charge in [0, 0.05) is 69.8 Å². The van der Waals surface area contributed by atoms with Gasteiger partial charge in [0.25, 0.3) is 0 Å². The molecule has 2 aliphatic heterocycles. The van der Waals surface area contributed by atoms with Crippen molar-refractivity contribution in [3.63, 3.8) is 0 Å². The van der Waals surface area contributed by atoms with E-state index in [1.165, 1.54) is 11.5 Å². The van der Waals surface area contributed by atoms with E-state index in [0.717, 1.165) is 10.5 Å². The number of fused-ring (bicyclic) bond motifs is 1. The minimum Gasteiger partial charge on any atom is -0.465 e. The molecule has 15 heteroatoms. The minimum absolute atomic E-state index is 0.0533. The number of piperazine rings is 1. The maximum Gasteiger partial charge on any atom is 0.404 e. The summed E-state index contributed by atoms with van der Waals surface area (Å²) < 4.78 is 9.79. The molecule has 2 aromatic heterocycles. The van der Waals surface area contributed by atoms with Crippen molar-refractivity contribution < 1.29 is 24.0 Å². The Morgan fingerprint density at radius 2 is 1.74 bits per heavy atom. The first-order chi connectivity index (χ1) is 18.5. The monoisotopic (exact) mass is 543 g/mol. The lowest BCUT2D eigenvalue weighted by molar-refractivity contribution is -0.125. The third kappa shape index (κ3) is 5.88. The molecule has 0 radical (unpaired) electrons. The Balaban J connectivity index is 1.06. The lowest BCUT2D eigenvalue weighted by Gasteiger charge is -2.34. The van der Waals surface area contributed by atoms with Crippen LogP contribution in [0.4, 0.5) is 26.5 Å². The highest BCUT2D eigenvalue weighted by Gasteiger charge is 2.28. The van der Waals surface area contributed by atoms with Gasteiger partial charge in [-0.25, -0.2) is 9.59 Å². The van der Waals surface area contributed by atoms with Crippen LogP contribution in [0.5, 0.6) is 0 Å². The molecule has 4 heterocycles. The zero-order chi connectivity index (χ0) is 26.5. The molecule has 0 unspecified atom stereocenters. The van der Waals surface area contributed by atoms with E-state index < -0.39 is 6.09 Å². The molecule has 0 aliphatic carbocycles. The third-order valence-corrected chi connectivity index (χ3v) is 7.46. The van der Waals surface area contributed by atoms with Gasteiger partial charge in [-0.1, -0.05) is 17.3 Å². The van der Waals surface area contributed by atoms with Crippen LogP contribution in [0.1, 0.15) is 12.8 Å². The number of piperidine rings is 1. The van der Waals surface area contributed by atoms with Crippen molar-refractivity contribution in [1.29, 1.82) is 0 Å². The predicted octanol–water partition coefficient (Wildman–Crippen LogP) is 1.63. The molecule has 4 amide bonds. The number of nitrogens with zero attached hydrogens (tertiary/aromatic N) is 6. The molecule has 14 nitrogen and oxygen atoms in total. The molecule has 0 spiro atoms. The minimum atomic E-state index is -1.10. The molecule has 38 heavy (non-hydrogen) atoms. The lowest BCUT2D eigenvalue weighted by atomic mass is 9.96. The molecule has 4 N–H and O–H groups in total. The number of aromatic nitrogens is 3. The van der Waals surface area contributed by atoms with Crippen LogP contribution in [0.3, 0.4) is 0 Å². The standard InChI is InChI=1S/C23H29N9O5S/c33-19(24-7-8-25-23(35)36)15-5-9-30(10-6-15)20-27-22(38-29-20)32-13-11-31(12-14-32)21(34)26-18-16-3-1-2-4-17(16)37-28-18/h1-4,15,25H,5-14H2,(H,24,33)(H,35,36)(H,26,28,34). The highest BCUT2D eigenvalue weighted by molar-refractivity contribution is 7.09. The van der Waals surface area contributed by atoms with Crippen molar-refractivity contribution in [2.24, 2.45) is 5.92 Å². The predicted molar refractivity (Wildman–Crippen MR) is 141 cm³/mol. The van der Waals surface area contributed by atoms with Crippen LogP contribution in [0.2, 0.25) is 0 Å². The van der Waals surface area contributed by atoms with Crippen LogP contribution in [0.15, 0.2) is 28.8 Å². The number of hydrogen-bond donors (Lipinski definition) is 4. The summed E-state index contributed by atoms with van der Waals surface area (Å²) in [5.41, 5.74) is 0.623. The summed E-state index contributed by atoms with van der Waals surface area (Å²) in [6.45, 7) is 4.16. The number of rotatable bonds is 7. The summed E-state index contributed by atoms with van der Waals surface area (Å²) in [6.07, 6.45) is 0.259. The first-order valence-electron chi connectivity index (χ1n) is 12.5. The van der Waals surface area contributed by atoms with Crippen molar-refractivity contribution in [3.8, 4) is 0 Å². The Kier molecular flexibility index (Phi) is 7.72. The van der Waals surface area contributed by atoms with Crippen LogP contribution in [-0.4, -0.2) is 94.9 Å². The summed E-state index contributed by atoms with van der Waals surface area (Å²) in [5, 5.41) is 22.0. The fourth-order valence-corrected chi connectivity index (χ4v) is 5.30. The second-order valence-corrected chi connectivity index (χ2v) is 9.82. The molecule has 5 rings (SSSR count). The molecule has 0 bridgehead atoms. The normalized spacial score (nSPS) is 16.5. The van der Waals surface area contributed by atoms with E-state index in [9.17, 15) is 14.4 Å². The number of urea groups is 1. The van der Waals surface area contributed by atoms with Gasteiger partial charge in [0.05, 0.1) is 5.39 Å². The van der Waals surface area contributed by atoms with Gasteiger partial charge < -0.3 is 35.0 Å². The van der Waals surface area contributed by atoms with E-state index in [1.54, 1.807) is 11.0 Å². The Bertz CT molecular complexity index is 1280. The van der Waals surface area contributed by atoms with Gasteiger partial charge in [-0.15, -0.1) is 0 Å². The molecule has 2 aliphatic rings. The second kappa shape index (κ2) is 11.5. The molecular weight excluding hydrogens is 514 g/mol. The Morgan fingerprint density at radius 3 is 2.50 bits per heavy atom. The van der Waals surface area contributed by atoms with E-state index in [1.807, 2.05) is 18.2 Å². The molecule has 2 saturated heterocycles. The fraction of sp³-hybridized carbons (Fsp3) is 0.478. The number of carbonyl (C=O) groups excluding carboxylic acids is 2. The van der Waals surface area contributed by atoms with Crippen molar-refractivity contribution in [1.82, 2.24) is 30.0 Å². The smallest absolute Gasteiger partial charge is 0.404 e. The van der Waals surface area contributed by atoms with Gasteiger partial charge in [0.1, 0.15) is 0 Å². The van der Waals surface area contributed by atoms with Gasteiger partial charge >= 0.3 is 12.1 Å². The van der Waals surface area contributed by atoms with Crippen molar-refractivity contribution in [2.45, 2.75) is 12.8 Å². The summed E-state index contributed by atoms with van der Waals surface area (Å²) in [6, 6.07) is 7.16. The fourth-order valence-electron chi connectivity index (χ4n) is 4.56. The summed E-state index contributed by atoms with van der Waals surface area (Å²) >= 11 is 1.34.